The third kappa shape index (κ3) is 2.71. The lowest BCUT2D eigenvalue weighted by atomic mass is 9.86. The summed E-state index contributed by atoms with van der Waals surface area (Å²) in [5, 5.41) is 20.4. The number of allylic oxidation sites excluding steroid dienone is 2. The van der Waals surface area contributed by atoms with E-state index in [9.17, 15) is 14.9 Å². The topological polar surface area (TPSA) is 80.4 Å². The lowest BCUT2D eigenvalue weighted by Gasteiger charge is -2.18. The first kappa shape index (κ1) is 14.2. The number of hydrogen-bond acceptors (Lipinski definition) is 3. The molecule has 0 radical (unpaired) electrons. The molecule has 2 rings (SSSR count). The highest BCUT2D eigenvalue weighted by molar-refractivity contribution is 5.90. The molecule has 1 aliphatic carbocycles. The highest BCUT2D eigenvalue weighted by atomic mass is 16.6. The van der Waals surface area contributed by atoms with Gasteiger partial charge in [0, 0.05) is 17.5 Å². The van der Waals surface area contributed by atoms with Gasteiger partial charge in [-0.05, 0) is 37.3 Å². The van der Waals surface area contributed by atoms with Crippen LogP contribution in [0.1, 0.15) is 53.6 Å². The van der Waals surface area contributed by atoms with Crippen LogP contribution in [0.5, 0.6) is 0 Å². The Bertz CT molecular complexity index is 577. The first-order valence-corrected chi connectivity index (χ1v) is 6.75. The quantitative estimate of drug-likeness (QED) is 0.516. The Labute approximate surface area is 117 Å². The number of aromatic carboxylic acids is 1. The fourth-order valence-corrected chi connectivity index (χ4v) is 2.67. The molecule has 1 aromatic rings. The molecule has 1 aliphatic rings. The van der Waals surface area contributed by atoms with E-state index in [4.69, 9.17) is 5.11 Å². The Morgan fingerprint density at radius 3 is 2.75 bits per heavy atom. The van der Waals surface area contributed by atoms with Gasteiger partial charge in [0.2, 0.25) is 0 Å². The summed E-state index contributed by atoms with van der Waals surface area (Å²) in [4.78, 5) is 22.0. The van der Waals surface area contributed by atoms with Crippen LogP contribution in [-0.2, 0) is 6.42 Å². The van der Waals surface area contributed by atoms with E-state index in [0.29, 0.717) is 17.5 Å². The van der Waals surface area contributed by atoms with Gasteiger partial charge in [-0.3, -0.25) is 10.1 Å². The van der Waals surface area contributed by atoms with Crippen LogP contribution in [0.25, 0.3) is 0 Å². The van der Waals surface area contributed by atoms with Gasteiger partial charge in [-0.2, -0.15) is 0 Å². The summed E-state index contributed by atoms with van der Waals surface area (Å²) in [5.74, 6) is -1.10. The van der Waals surface area contributed by atoms with Crippen LogP contribution in [0.4, 0.5) is 5.69 Å². The summed E-state index contributed by atoms with van der Waals surface area (Å²) in [6, 6.07) is 2.90. The van der Waals surface area contributed by atoms with Crippen molar-refractivity contribution < 1.29 is 14.8 Å². The van der Waals surface area contributed by atoms with Crippen molar-refractivity contribution in [3.8, 4) is 0 Å². The van der Waals surface area contributed by atoms with Gasteiger partial charge in [0.15, 0.2) is 0 Å². The van der Waals surface area contributed by atoms with E-state index in [-0.39, 0.29) is 17.2 Å². The first-order chi connectivity index (χ1) is 9.54. The zero-order valence-electron chi connectivity index (χ0n) is 11.3. The van der Waals surface area contributed by atoms with E-state index < -0.39 is 10.9 Å². The van der Waals surface area contributed by atoms with E-state index in [2.05, 4.69) is 0 Å². The Morgan fingerprint density at radius 2 is 2.25 bits per heavy atom. The van der Waals surface area contributed by atoms with Crippen LogP contribution in [0.3, 0.4) is 0 Å². The normalized spacial score (nSPS) is 17.9. The second-order valence-electron chi connectivity index (χ2n) is 4.95. The van der Waals surface area contributed by atoms with Gasteiger partial charge in [-0.25, -0.2) is 4.79 Å². The molecule has 106 valence electrons. The molecule has 0 saturated carbocycles. The van der Waals surface area contributed by atoms with Gasteiger partial charge in [0.1, 0.15) is 0 Å². The molecule has 0 amide bonds. The third-order valence-electron chi connectivity index (χ3n) is 3.71. The molecule has 0 bridgehead atoms. The Balaban J connectivity index is 2.59. The van der Waals surface area contributed by atoms with Gasteiger partial charge in [-0.1, -0.05) is 19.1 Å². The van der Waals surface area contributed by atoms with Gasteiger partial charge >= 0.3 is 5.97 Å². The molecule has 1 aromatic carbocycles. The first-order valence-electron chi connectivity index (χ1n) is 6.75. The van der Waals surface area contributed by atoms with E-state index in [1.807, 2.05) is 19.1 Å². The maximum Gasteiger partial charge on any atom is 0.336 e. The second-order valence-corrected chi connectivity index (χ2v) is 4.95. The number of carboxylic acids is 1. The van der Waals surface area contributed by atoms with Crippen molar-refractivity contribution in [1.29, 1.82) is 0 Å². The second kappa shape index (κ2) is 5.86. The van der Waals surface area contributed by atoms with E-state index in [0.717, 1.165) is 19.3 Å². The predicted octanol–water partition coefficient (Wildman–Crippen LogP) is 3.68. The van der Waals surface area contributed by atoms with Crippen molar-refractivity contribution in [1.82, 2.24) is 0 Å². The number of rotatable bonds is 4. The van der Waals surface area contributed by atoms with E-state index in [1.165, 1.54) is 6.07 Å². The molecule has 1 atom stereocenters. The number of hydrogen-bond donors (Lipinski definition) is 1. The molecule has 5 nitrogen and oxygen atoms in total. The monoisotopic (exact) mass is 275 g/mol. The zero-order valence-corrected chi connectivity index (χ0v) is 11.3. The number of nitro groups is 1. The molecule has 0 fully saturated rings. The van der Waals surface area contributed by atoms with Gasteiger partial charge in [0.25, 0.3) is 5.69 Å². The average molecular weight is 275 g/mol. The summed E-state index contributed by atoms with van der Waals surface area (Å²) in [7, 11) is 0. The Morgan fingerprint density at radius 1 is 1.50 bits per heavy atom. The number of nitro benzene ring substituents is 1. The summed E-state index contributed by atoms with van der Waals surface area (Å²) >= 11 is 0. The third-order valence-corrected chi connectivity index (χ3v) is 3.71. The minimum Gasteiger partial charge on any atom is -0.478 e. The Hall–Kier alpha value is -2.17. The summed E-state index contributed by atoms with van der Waals surface area (Å²) < 4.78 is 0. The van der Waals surface area contributed by atoms with Gasteiger partial charge in [0.05, 0.1) is 10.5 Å². The standard InChI is InChI=1S/C15H17NO4/c1-2-10-8-12(11-6-4-3-5-7-11)14(16(19)20)9-13(10)15(17)18/h4,6,8-9,11H,2-3,5,7H2,1H3,(H,17,18). The van der Waals surface area contributed by atoms with Crippen LogP contribution in [0, 0.1) is 10.1 Å². The molecular weight excluding hydrogens is 258 g/mol. The van der Waals surface area contributed by atoms with Crippen LogP contribution < -0.4 is 0 Å². The van der Waals surface area contributed by atoms with Crippen molar-refractivity contribution in [3.63, 3.8) is 0 Å². The van der Waals surface area contributed by atoms with E-state index in [1.54, 1.807) is 6.07 Å². The van der Waals surface area contributed by atoms with Crippen molar-refractivity contribution in [2.45, 2.75) is 38.5 Å². The molecule has 0 aliphatic heterocycles. The fraction of sp³-hybridized carbons (Fsp3) is 0.400. The van der Waals surface area contributed by atoms with Gasteiger partial charge in [-0.15, -0.1) is 0 Å². The molecule has 0 spiro atoms. The number of benzene rings is 1. The van der Waals surface area contributed by atoms with E-state index >= 15 is 0 Å². The highest BCUT2D eigenvalue weighted by Gasteiger charge is 2.25. The van der Waals surface area contributed by atoms with Crippen molar-refractivity contribution in [2.75, 3.05) is 0 Å². The zero-order chi connectivity index (χ0) is 14.7. The molecule has 0 aromatic heterocycles. The summed E-state index contributed by atoms with van der Waals surface area (Å²) in [5.41, 5.74) is 1.23. The van der Waals surface area contributed by atoms with Crippen LogP contribution >= 0.6 is 0 Å². The largest absolute Gasteiger partial charge is 0.478 e. The highest BCUT2D eigenvalue weighted by Crippen LogP contribution is 2.35. The molecule has 0 heterocycles. The molecular formula is C15H17NO4. The fourth-order valence-electron chi connectivity index (χ4n) is 2.67. The van der Waals surface area contributed by atoms with Crippen LogP contribution in [-0.4, -0.2) is 16.0 Å². The number of nitrogens with zero attached hydrogens (tertiary/aromatic N) is 1. The lowest BCUT2D eigenvalue weighted by Crippen LogP contribution is -2.09. The SMILES string of the molecule is CCc1cc(C2C=CCCC2)c([N+](=O)[O-])cc1C(=O)O. The smallest absolute Gasteiger partial charge is 0.336 e. The summed E-state index contributed by atoms with van der Waals surface area (Å²) in [6.45, 7) is 1.86. The molecule has 1 unspecified atom stereocenters. The Kier molecular flexibility index (Phi) is 4.17. The maximum absolute atomic E-state index is 11.2. The van der Waals surface area contributed by atoms with Crippen LogP contribution in [0.15, 0.2) is 24.3 Å². The number of carbonyl (C=O) groups is 1. The molecule has 5 heteroatoms. The van der Waals surface area contributed by atoms with Gasteiger partial charge < -0.3 is 5.11 Å². The number of carboxylic acid groups (broad SMARTS) is 1. The minimum atomic E-state index is -1.12. The molecule has 1 N–H and O–H groups in total. The van der Waals surface area contributed by atoms with Crippen molar-refractivity contribution >= 4 is 11.7 Å². The maximum atomic E-state index is 11.2. The average Bonchev–Trinajstić information content (AvgIpc) is 2.46. The summed E-state index contributed by atoms with van der Waals surface area (Å²) in [6.07, 6.45) is 7.44. The number of aryl methyl sites for hydroxylation is 1. The van der Waals surface area contributed by atoms with Crippen molar-refractivity contribution in [3.05, 3.63) is 51.1 Å². The molecule has 0 saturated heterocycles. The minimum absolute atomic E-state index is 0.0114. The van der Waals surface area contributed by atoms with Crippen LogP contribution in [0.2, 0.25) is 0 Å². The van der Waals surface area contributed by atoms with Crippen molar-refractivity contribution in [2.24, 2.45) is 0 Å². The molecule has 20 heavy (non-hydrogen) atoms. The lowest BCUT2D eigenvalue weighted by molar-refractivity contribution is -0.385. The predicted molar refractivity (Wildman–Crippen MR) is 75.2 cm³/mol.